The van der Waals surface area contributed by atoms with E-state index < -0.39 is 0 Å². The average molecular weight is 422 g/mol. The van der Waals surface area contributed by atoms with Gasteiger partial charge >= 0.3 is 0 Å². The van der Waals surface area contributed by atoms with Gasteiger partial charge in [-0.2, -0.15) is 5.26 Å². The third kappa shape index (κ3) is 5.84. The van der Waals surface area contributed by atoms with Crippen LogP contribution in [0.2, 0.25) is 0 Å². The largest absolute Gasteiger partial charge is 0.479 e. The zero-order valence-electron chi connectivity index (χ0n) is 16.9. The van der Waals surface area contributed by atoms with E-state index in [2.05, 4.69) is 41.5 Å². The Labute approximate surface area is 180 Å². The van der Waals surface area contributed by atoms with Crippen LogP contribution in [-0.2, 0) is 11.3 Å². The molecule has 0 radical (unpaired) electrons. The lowest BCUT2D eigenvalue weighted by molar-refractivity contribution is -0.118. The molecule has 3 aromatic rings. The van der Waals surface area contributed by atoms with Crippen LogP contribution in [0.3, 0.4) is 0 Å². The third-order valence-corrected chi connectivity index (χ3v) is 5.32. The molecule has 7 nitrogen and oxygen atoms in total. The molecule has 0 aliphatic carbocycles. The van der Waals surface area contributed by atoms with Crippen molar-refractivity contribution >= 4 is 17.7 Å². The number of ether oxygens (including phenoxy) is 1. The molecule has 2 aromatic carbocycles. The van der Waals surface area contributed by atoms with E-state index in [9.17, 15) is 4.79 Å². The summed E-state index contributed by atoms with van der Waals surface area (Å²) in [6.07, 6.45) is 1.65. The number of thioether (sulfide) groups is 1. The number of nitrogens with one attached hydrogen (secondary N) is 1. The zero-order valence-corrected chi connectivity index (χ0v) is 17.7. The Morgan fingerprint density at radius 3 is 2.80 bits per heavy atom. The quantitative estimate of drug-likeness (QED) is 0.530. The number of hydrogen-bond acceptors (Lipinski definition) is 6. The van der Waals surface area contributed by atoms with E-state index in [-0.39, 0.29) is 18.3 Å². The standard InChI is InChI=1S/C22H23N5O2S/c1-16(2)18-6-8-19(9-7-18)27-15-25-26-22(27)30-14-21(28)24-13-17-4-3-5-20(12-17)29-11-10-23/h3-9,12,15-16H,11,13-14H2,1-2H3,(H,24,28). The molecule has 1 heterocycles. The molecule has 0 saturated carbocycles. The molecule has 0 bridgehead atoms. The van der Waals surface area contributed by atoms with Crippen LogP contribution in [0.25, 0.3) is 5.69 Å². The number of nitriles is 1. The monoisotopic (exact) mass is 421 g/mol. The van der Waals surface area contributed by atoms with Crippen molar-refractivity contribution in [3.63, 3.8) is 0 Å². The van der Waals surface area contributed by atoms with E-state index >= 15 is 0 Å². The first-order valence-corrected chi connectivity index (χ1v) is 10.5. The number of aromatic nitrogens is 3. The minimum atomic E-state index is -0.104. The molecule has 1 aromatic heterocycles. The average Bonchev–Trinajstić information content (AvgIpc) is 3.24. The molecule has 0 unspecified atom stereocenters. The Kier molecular flexibility index (Phi) is 7.46. The highest BCUT2D eigenvalue weighted by molar-refractivity contribution is 7.99. The lowest BCUT2D eigenvalue weighted by Gasteiger charge is -2.10. The summed E-state index contributed by atoms with van der Waals surface area (Å²) in [4.78, 5) is 12.3. The highest BCUT2D eigenvalue weighted by Crippen LogP contribution is 2.22. The van der Waals surface area contributed by atoms with Crippen LogP contribution in [0.4, 0.5) is 0 Å². The fourth-order valence-electron chi connectivity index (χ4n) is 2.76. The van der Waals surface area contributed by atoms with E-state index in [0.29, 0.717) is 23.4 Å². The molecule has 0 aliphatic rings. The molecule has 0 atom stereocenters. The van der Waals surface area contributed by atoms with Gasteiger partial charge in [0, 0.05) is 12.2 Å². The van der Waals surface area contributed by atoms with E-state index in [1.807, 2.05) is 41.0 Å². The first-order chi connectivity index (χ1) is 14.6. The number of carbonyl (C=O) groups excluding carboxylic acids is 1. The maximum absolute atomic E-state index is 12.3. The van der Waals surface area contributed by atoms with Gasteiger partial charge in [0.05, 0.1) is 5.75 Å². The number of benzene rings is 2. The maximum Gasteiger partial charge on any atom is 0.230 e. The minimum absolute atomic E-state index is 0.00662. The number of hydrogen-bond donors (Lipinski definition) is 1. The van der Waals surface area contributed by atoms with E-state index in [1.165, 1.54) is 17.3 Å². The summed E-state index contributed by atoms with van der Waals surface area (Å²) in [6, 6.07) is 17.5. The highest BCUT2D eigenvalue weighted by atomic mass is 32.2. The van der Waals surface area contributed by atoms with E-state index in [0.717, 1.165) is 11.3 Å². The van der Waals surface area contributed by atoms with Crippen LogP contribution >= 0.6 is 11.8 Å². The Balaban J connectivity index is 1.53. The Bertz CT molecular complexity index is 1020. The summed E-state index contributed by atoms with van der Waals surface area (Å²) in [5, 5.41) is 20.3. The van der Waals surface area contributed by atoms with Gasteiger partial charge in [-0.15, -0.1) is 10.2 Å². The topological polar surface area (TPSA) is 92.8 Å². The van der Waals surface area contributed by atoms with Gasteiger partial charge in [0.2, 0.25) is 5.91 Å². The van der Waals surface area contributed by atoms with Gasteiger partial charge in [0.15, 0.2) is 11.8 Å². The van der Waals surface area contributed by atoms with Crippen LogP contribution in [0.1, 0.15) is 30.9 Å². The van der Waals surface area contributed by atoms with Crippen LogP contribution < -0.4 is 10.1 Å². The van der Waals surface area contributed by atoms with Gasteiger partial charge in [-0.05, 0) is 41.3 Å². The first-order valence-electron chi connectivity index (χ1n) is 9.55. The predicted octanol–water partition coefficient (Wildman–Crippen LogP) is 3.70. The maximum atomic E-state index is 12.3. The highest BCUT2D eigenvalue weighted by Gasteiger charge is 2.11. The summed E-state index contributed by atoms with van der Waals surface area (Å²) in [5.41, 5.74) is 3.13. The van der Waals surface area contributed by atoms with Gasteiger partial charge in [0.1, 0.15) is 18.1 Å². The summed E-state index contributed by atoms with van der Waals surface area (Å²) < 4.78 is 7.15. The molecule has 1 N–H and O–H groups in total. The predicted molar refractivity (Wildman–Crippen MR) is 116 cm³/mol. The van der Waals surface area contributed by atoms with Crippen LogP contribution in [-0.4, -0.2) is 33.0 Å². The normalized spacial score (nSPS) is 10.6. The van der Waals surface area contributed by atoms with Crippen molar-refractivity contribution in [2.45, 2.75) is 31.5 Å². The Hall–Kier alpha value is -3.31. The molecule has 3 rings (SSSR count). The summed E-state index contributed by atoms with van der Waals surface area (Å²) in [6.45, 7) is 4.69. The second kappa shape index (κ2) is 10.5. The molecule has 8 heteroatoms. The van der Waals surface area contributed by atoms with Crippen LogP contribution in [0.5, 0.6) is 5.75 Å². The lowest BCUT2D eigenvalue weighted by atomic mass is 10.0. The summed E-state index contributed by atoms with van der Waals surface area (Å²) in [7, 11) is 0. The van der Waals surface area contributed by atoms with Crippen molar-refractivity contribution in [2.75, 3.05) is 12.4 Å². The van der Waals surface area contributed by atoms with Crippen molar-refractivity contribution in [3.05, 3.63) is 66.0 Å². The minimum Gasteiger partial charge on any atom is -0.479 e. The zero-order chi connectivity index (χ0) is 21.3. The second-order valence-electron chi connectivity index (χ2n) is 6.89. The second-order valence-corrected chi connectivity index (χ2v) is 7.83. The van der Waals surface area contributed by atoms with Crippen molar-refractivity contribution in [1.82, 2.24) is 20.1 Å². The molecule has 30 heavy (non-hydrogen) atoms. The van der Waals surface area contributed by atoms with Crippen LogP contribution in [0, 0.1) is 11.3 Å². The molecular formula is C22H23N5O2S. The smallest absolute Gasteiger partial charge is 0.230 e. The fourth-order valence-corrected chi connectivity index (χ4v) is 3.52. The van der Waals surface area contributed by atoms with Gasteiger partial charge in [-0.25, -0.2) is 0 Å². The van der Waals surface area contributed by atoms with Crippen molar-refractivity contribution in [1.29, 1.82) is 5.26 Å². The summed E-state index contributed by atoms with van der Waals surface area (Å²) in [5.74, 6) is 1.20. The van der Waals surface area contributed by atoms with Crippen molar-refractivity contribution < 1.29 is 9.53 Å². The van der Waals surface area contributed by atoms with Gasteiger partial charge in [-0.3, -0.25) is 9.36 Å². The Morgan fingerprint density at radius 1 is 1.27 bits per heavy atom. The first kappa shape index (κ1) is 21.4. The van der Waals surface area contributed by atoms with E-state index in [4.69, 9.17) is 10.00 Å². The fraction of sp³-hybridized carbons (Fsp3) is 0.273. The SMILES string of the molecule is CC(C)c1ccc(-n2cnnc2SCC(=O)NCc2cccc(OCC#N)c2)cc1. The number of rotatable bonds is 9. The third-order valence-electron chi connectivity index (χ3n) is 4.38. The molecule has 154 valence electrons. The number of amides is 1. The molecular weight excluding hydrogens is 398 g/mol. The Morgan fingerprint density at radius 2 is 2.07 bits per heavy atom. The molecule has 0 fully saturated rings. The van der Waals surface area contributed by atoms with E-state index in [1.54, 1.807) is 12.4 Å². The van der Waals surface area contributed by atoms with Gasteiger partial charge in [-0.1, -0.05) is 49.9 Å². The van der Waals surface area contributed by atoms with Crippen molar-refractivity contribution in [2.24, 2.45) is 0 Å². The van der Waals surface area contributed by atoms with Crippen molar-refractivity contribution in [3.8, 4) is 17.5 Å². The molecule has 1 amide bonds. The van der Waals surface area contributed by atoms with Crippen LogP contribution in [0.15, 0.2) is 60.0 Å². The number of nitrogens with zero attached hydrogens (tertiary/aromatic N) is 4. The molecule has 0 saturated heterocycles. The number of carbonyl (C=O) groups is 1. The molecule has 0 spiro atoms. The lowest BCUT2D eigenvalue weighted by Crippen LogP contribution is -2.24. The van der Waals surface area contributed by atoms with Gasteiger partial charge in [0.25, 0.3) is 0 Å². The molecule has 0 aliphatic heterocycles. The van der Waals surface area contributed by atoms with Gasteiger partial charge < -0.3 is 10.1 Å². The summed E-state index contributed by atoms with van der Waals surface area (Å²) >= 11 is 1.33.